The second-order valence-electron chi connectivity index (χ2n) is 2.34. The molecule has 0 aromatic heterocycles. The molecule has 1 aliphatic heterocycles. The lowest BCUT2D eigenvalue weighted by molar-refractivity contribution is -0.125. The highest BCUT2D eigenvalue weighted by Gasteiger charge is 2.25. The number of carboxylic acid groups (broad SMARTS) is 1. The van der Waals surface area contributed by atoms with Crippen molar-refractivity contribution < 1.29 is 18.8 Å². The minimum Gasteiger partial charge on any atom is -0.471 e. The van der Waals surface area contributed by atoms with Gasteiger partial charge in [-0.3, -0.25) is 4.79 Å². The number of rotatable bonds is 0. The van der Waals surface area contributed by atoms with Crippen molar-refractivity contribution in [2.24, 2.45) is 0 Å². The number of carbonyl (C=O) groups excluding carboxylic acids is 1. The highest BCUT2D eigenvalue weighted by atomic mass is 28.3. The van der Waals surface area contributed by atoms with Crippen molar-refractivity contribution in [1.82, 2.24) is 4.90 Å². The van der Waals surface area contributed by atoms with Gasteiger partial charge in [-0.2, -0.15) is 0 Å². The van der Waals surface area contributed by atoms with Crippen LogP contribution in [0.4, 0.5) is 4.79 Å². The number of hydrogen-bond acceptors (Lipinski definition) is 3. The van der Waals surface area contributed by atoms with Crippen molar-refractivity contribution in [3.05, 3.63) is 0 Å². The summed E-state index contributed by atoms with van der Waals surface area (Å²) in [4.78, 5) is 21.5. The van der Waals surface area contributed by atoms with Crippen LogP contribution in [0.25, 0.3) is 0 Å². The molecule has 1 rings (SSSR count). The second-order valence-corrected chi connectivity index (χ2v) is 5.61. The van der Waals surface area contributed by atoms with Crippen LogP contribution in [-0.4, -0.2) is 49.5 Å². The normalized spacial score (nSPS) is 16.0. The molecule has 1 aliphatic rings. The first-order valence-corrected chi connectivity index (χ1v) is 5.20. The summed E-state index contributed by atoms with van der Waals surface area (Å²) in [7, 11) is 1.86. The highest BCUT2D eigenvalue weighted by molar-refractivity contribution is 6.15. The minimum atomic E-state index is -1.13. The van der Waals surface area contributed by atoms with Gasteiger partial charge in [0.25, 0.3) is 0 Å². The molecule has 0 unspecified atom stereocenters. The van der Waals surface area contributed by atoms with Crippen molar-refractivity contribution in [2.75, 3.05) is 6.54 Å². The smallest absolute Gasteiger partial charge is 0.414 e. The first-order chi connectivity index (χ1) is 5.63. The Morgan fingerprint density at radius 3 is 2.25 bits per heavy atom. The van der Waals surface area contributed by atoms with Crippen LogP contribution in [0.1, 0.15) is 12.8 Å². The predicted molar refractivity (Wildman–Crippen MR) is 49.9 cm³/mol. The Hall–Kier alpha value is -0.666. The molecule has 1 N–H and O–H groups in total. The molecule has 0 aromatic rings. The van der Waals surface area contributed by atoms with Crippen LogP contribution in [-0.2, 0) is 8.91 Å². The number of amides is 2. The fourth-order valence-electron chi connectivity index (χ4n) is 0.850. The molecule has 0 radical (unpaired) electrons. The van der Waals surface area contributed by atoms with Crippen molar-refractivity contribution >= 4 is 33.0 Å². The highest BCUT2D eigenvalue weighted by Crippen LogP contribution is 2.08. The number of nitrogens with zero attached hydrogens (tertiary/aromatic N) is 1. The summed E-state index contributed by atoms with van der Waals surface area (Å²) < 4.78 is 4.53. The Balaban J connectivity index is 0.000000354. The maximum Gasteiger partial charge on any atom is 0.414 e. The van der Waals surface area contributed by atoms with Crippen molar-refractivity contribution in [1.29, 1.82) is 0 Å². The van der Waals surface area contributed by atoms with Crippen LogP contribution >= 0.6 is 0 Å². The van der Waals surface area contributed by atoms with E-state index in [1.54, 1.807) is 0 Å². The zero-order chi connectivity index (χ0) is 9.56. The second kappa shape index (κ2) is 5.92. The van der Waals surface area contributed by atoms with Gasteiger partial charge in [-0.1, -0.05) is 0 Å². The Kier molecular flexibility index (Phi) is 5.59. The van der Waals surface area contributed by atoms with Gasteiger partial charge in [0.05, 0.1) is 0 Å². The molecule has 0 bridgehead atoms. The first kappa shape index (κ1) is 11.3. The van der Waals surface area contributed by atoms with E-state index in [-0.39, 0.29) is 5.91 Å². The third kappa shape index (κ3) is 3.65. The van der Waals surface area contributed by atoms with Gasteiger partial charge in [0.15, 0.2) is 0 Å². The number of likely N-dealkylation sites (tertiary alicyclic amines) is 1. The fourth-order valence-corrected chi connectivity index (χ4v) is 0.850. The Bertz CT molecular complexity index is 175. The Morgan fingerprint density at radius 1 is 1.58 bits per heavy atom. The van der Waals surface area contributed by atoms with Gasteiger partial charge < -0.3 is 9.22 Å². The van der Waals surface area contributed by atoms with Crippen molar-refractivity contribution in [3.63, 3.8) is 0 Å². The Morgan fingerprint density at radius 2 is 2.08 bits per heavy atom. The molecule has 0 aliphatic carbocycles. The zero-order valence-electron chi connectivity index (χ0n) is 7.24. The lowest BCUT2D eigenvalue weighted by atomic mass is 10.4. The van der Waals surface area contributed by atoms with Crippen LogP contribution < -0.4 is 0 Å². The summed E-state index contributed by atoms with van der Waals surface area (Å²) in [6, 6.07) is 0. The summed E-state index contributed by atoms with van der Waals surface area (Å²) in [5, 5.41) is 8.29. The molecule has 2 amide bonds. The standard InChI is InChI=1S/C5H7NO3.H6OSi2/c7-4-2-1-3-6(4)5(8)9;2-1-3/h1-3H2,(H,8,9);2-3H3. The Labute approximate surface area is 76.8 Å². The van der Waals surface area contributed by atoms with Gasteiger partial charge in [0.1, 0.15) is 21.0 Å². The summed E-state index contributed by atoms with van der Waals surface area (Å²) in [6.07, 6.45) is -0.0743. The number of hydrogen-bond donors (Lipinski definition) is 1. The van der Waals surface area contributed by atoms with E-state index in [1.165, 1.54) is 0 Å². The van der Waals surface area contributed by atoms with Crippen LogP contribution in [0.2, 0.25) is 0 Å². The van der Waals surface area contributed by atoms with E-state index in [4.69, 9.17) is 5.11 Å². The molecule has 5 nitrogen and oxygen atoms in total. The molecule has 0 atom stereocenters. The molecular weight excluding hydrogens is 194 g/mol. The van der Waals surface area contributed by atoms with Crippen molar-refractivity contribution in [2.45, 2.75) is 12.8 Å². The predicted octanol–water partition coefficient (Wildman–Crippen LogP) is -2.15. The molecule has 1 saturated heterocycles. The molecule has 1 fully saturated rings. The SMILES string of the molecule is O=C(O)N1CCCC1=O.[SiH3]O[SiH3]. The maximum atomic E-state index is 10.6. The molecule has 0 saturated carbocycles. The largest absolute Gasteiger partial charge is 0.471 e. The summed E-state index contributed by atoms with van der Waals surface area (Å²) >= 11 is 0. The van der Waals surface area contributed by atoms with E-state index < -0.39 is 6.09 Å². The third-order valence-electron chi connectivity index (χ3n) is 1.30. The van der Waals surface area contributed by atoms with E-state index in [9.17, 15) is 9.59 Å². The molecular formula is C5H13NO4Si2. The van der Waals surface area contributed by atoms with E-state index in [2.05, 4.69) is 4.12 Å². The van der Waals surface area contributed by atoms with Gasteiger partial charge in [-0.15, -0.1) is 0 Å². The number of imide groups is 1. The summed E-state index contributed by atoms with van der Waals surface area (Å²) in [5.41, 5.74) is 0. The fraction of sp³-hybridized carbons (Fsp3) is 0.600. The van der Waals surface area contributed by atoms with E-state index in [0.29, 0.717) is 19.4 Å². The molecule has 12 heavy (non-hydrogen) atoms. The van der Waals surface area contributed by atoms with Gasteiger partial charge in [-0.05, 0) is 6.42 Å². The summed E-state index contributed by atoms with van der Waals surface area (Å²) in [5.74, 6) is -0.275. The van der Waals surface area contributed by atoms with Crippen LogP contribution in [0.3, 0.4) is 0 Å². The van der Waals surface area contributed by atoms with Gasteiger partial charge >= 0.3 is 6.09 Å². The molecule has 7 heteroatoms. The topological polar surface area (TPSA) is 66.8 Å². The van der Waals surface area contributed by atoms with Crippen molar-refractivity contribution in [3.8, 4) is 0 Å². The molecule has 0 spiro atoms. The zero-order valence-corrected chi connectivity index (χ0v) is 11.2. The van der Waals surface area contributed by atoms with Crippen LogP contribution in [0, 0.1) is 0 Å². The average Bonchev–Trinajstić information content (AvgIpc) is 2.36. The number of carbonyl (C=O) groups is 2. The van der Waals surface area contributed by atoms with E-state index >= 15 is 0 Å². The minimum absolute atomic E-state index is 0.275. The molecule has 0 aromatic carbocycles. The lowest BCUT2D eigenvalue weighted by Crippen LogP contribution is -2.29. The van der Waals surface area contributed by atoms with E-state index in [1.807, 2.05) is 0 Å². The average molecular weight is 207 g/mol. The summed E-state index contributed by atoms with van der Waals surface area (Å²) in [6.45, 7) is 0.369. The van der Waals surface area contributed by atoms with Gasteiger partial charge in [0, 0.05) is 13.0 Å². The lowest BCUT2D eigenvalue weighted by Gasteiger charge is -2.05. The van der Waals surface area contributed by atoms with Gasteiger partial charge in [-0.25, -0.2) is 9.69 Å². The third-order valence-corrected chi connectivity index (χ3v) is 1.30. The van der Waals surface area contributed by atoms with Crippen LogP contribution in [0.15, 0.2) is 0 Å². The quantitative estimate of drug-likeness (QED) is 0.460. The van der Waals surface area contributed by atoms with Crippen LogP contribution in [0.5, 0.6) is 0 Å². The van der Waals surface area contributed by atoms with Gasteiger partial charge in [0.2, 0.25) is 5.91 Å². The van der Waals surface area contributed by atoms with E-state index in [0.717, 1.165) is 25.9 Å². The molecule has 70 valence electrons. The molecule has 1 heterocycles. The maximum absolute atomic E-state index is 10.6. The monoisotopic (exact) mass is 207 g/mol. The first-order valence-electron chi connectivity index (χ1n) is 3.57.